The van der Waals surface area contributed by atoms with E-state index < -0.39 is 0 Å². The molecule has 98 valence electrons. The zero-order valence-electron chi connectivity index (χ0n) is 10.6. The lowest BCUT2D eigenvalue weighted by atomic mass is 10.2. The van der Waals surface area contributed by atoms with Crippen molar-refractivity contribution in [2.75, 3.05) is 17.7 Å². The van der Waals surface area contributed by atoms with Gasteiger partial charge in [0.2, 0.25) is 11.9 Å². The van der Waals surface area contributed by atoms with Crippen LogP contribution in [0.25, 0.3) is 5.95 Å². The molecule has 0 amide bonds. The number of aromatic nitrogens is 6. The molecule has 19 heavy (non-hydrogen) atoms. The molecule has 0 saturated carbocycles. The van der Waals surface area contributed by atoms with Gasteiger partial charge in [-0.1, -0.05) is 0 Å². The van der Waals surface area contributed by atoms with E-state index in [0.717, 1.165) is 0 Å². The van der Waals surface area contributed by atoms with Crippen LogP contribution in [0.3, 0.4) is 0 Å². The largest absolute Gasteiger partial charge is 0.368 e. The highest BCUT2D eigenvalue weighted by molar-refractivity contribution is 5.37. The fourth-order valence-electron chi connectivity index (χ4n) is 1.41. The van der Waals surface area contributed by atoms with Gasteiger partial charge in [0.15, 0.2) is 0 Å². The summed E-state index contributed by atoms with van der Waals surface area (Å²) in [5, 5.41) is 12.7. The van der Waals surface area contributed by atoms with Crippen LogP contribution in [0.15, 0.2) is 12.7 Å². The van der Waals surface area contributed by atoms with Gasteiger partial charge in [-0.25, -0.2) is 4.98 Å². The Morgan fingerprint density at radius 1 is 1.47 bits per heavy atom. The number of nitrogens with zero attached hydrogens (tertiary/aromatic N) is 8. The van der Waals surface area contributed by atoms with Crippen molar-refractivity contribution < 1.29 is 0 Å². The van der Waals surface area contributed by atoms with Gasteiger partial charge in [-0.3, -0.25) is 0 Å². The van der Waals surface area contributed by atoms with E-state index in [0.29, 0.717) is 12.4 Å². The molecule has 0 fully saturated rings. The molecule has 2 aromatic heterocycles. The second kappa shape index (κ2) is 5.26. The molecule has 2 heterocycles. The van der Waals surface area contributed by atoms with Gasteiger partial charge < -0.3 is 10.6 Å². The van der Waals surface area contributed by atoms with Crippen LogP contribution in [0, 0.1) is 11.3 Å². The minimum absolute atomic E-state index is 0.0320. The molecule has 2 N–H and O–H groups in total. The van der Waals surface area contributed by atoms with Crippen molar-refractivity contribution in [1.29, 1.82) is 5.26 Å². The zero-order chi connectivity index (χ0) is 13.8. The lowest BCUT2D eigenvalue weighted by Gasteiger charge is -2.22. The Kier molecular flexibility index (Phi) is 3.51. The summed E-state index contributed by atoms with van der Waals surface area (Å²) < 4.78 is 1.39. The second-order valence-corrected chi connectivity index (χ2v) is 3.96. The Hall–Kier alpha value is -2.76. The summed E-state index contributed by atoms with van der Waals surface area (Å²) in [6.45, 7) is 1.90. The van der Waals surface area contributed by atoms with Crippen LogP contribution in [0.1, 0.15) is 13.3 Å². The smallest absolute Gasteiger partial charge is 0.258 e. The van der Waals surface area contributed by atoms with Crippen molar-refractivity contribution in [2.45, 2.75) is 19.4 Å². The third-order valence-electron chi connectivity index (χ3n) is 2.62. The van der Waals surface area contributed by atoms with E-state index in [-0.39, 0.29) is 17.9 Å². The van der Waals surface area contributed by atoms with Crippen LogP contribution < -0.4 is 10.6 Å². The molecule has 0 radical (unpaired) electrons. The topological polar surface area (TPSA) is 122 Å². The fourth-order valence-corrected chi connectivity index (χ4v) is 1.41. The molecular weight excluding hydrogens is 246 g/mol. The summed E-state index contributed by atoms with van der Waals surface area (Å²) in [5.74, 6) is 0.767. The van der Waals surface area contributed by atoms with E-state index in [1.807, 2.05) is 6.92 Å². The highest BCUT2D eigenvalue weighted by atomic mass is 15.4. The lowest BCUT2D eigenvalue weighted by Crippen LogP contribution is -2.30. The average molecular weight is 259 g/mol. The number of nitriles is 1. The Labute approximate surface area is 109 Å². The number of rotatable bonds is 4. The van der Waals surface area contributed by atoms with Crippen molar-refractivity contribution >= 4 is 11.9 Å². The third-order valence-corrected chi connectivity index (χ3v) is 2.62. The molecule has 9 heteroatoms. The minimum atomic E-state index is -0.0320. The first kappa shape index (κ1) is 12.7. The van der Waals surface area contributed by atoms with Crippen LogP contribution in [0.2, 0.25) is 0 Å². The van der Waals surface area contributed by atoms with Crippen molar-refractivity contribution in [3.63, 3.8) is 0 Å². The molecule has 0 aliphatic carbocycles. The molecule has 0 aliphatic heterocycles. The molecule has 0 spiro atoms. The fraction of sp³-hybridized carbons (Fsp3) is 0.400. The highest BCUT2D eigenvalue weighted by Gasteiger charge is 2.15. The number of hydrogen-bond donors (Lipinski definition) is 1. The first-order valence-corrected chi connectivity index (χ1v) is 5.58. The minimum Gasteiger partial charge on any atom is -0.368 e. The van der Waals surface area contributed by atoms with E-state index in [2.05, 4.69) is 31.1 Å². The van der Waals surface area contributed by atoms with Gasteiger partial charge in [-0.05, 0) is 6.92 Å². The molecule has 0 bridgehead atoms. The number of nitrogens with two attached hydrogens (primary N) is 1. The Bertz CT molecular complexity index is 586. The number of nitrogen functional groups attached to an aromatic ring is 1. The standard InChI is InChI=1S/C10H13N9/c1-7(3-4-11)18(2)9-15-8(12)16-10(17-9)19-6-13-5-14-19/h5-7H,3H2,1-2H3,(H2,12,15,16,17). The van der Waals surface area contributed by atoms with Gasteiger partial charge in [0.1, 0.15) is 12.7 Å². The van der Waals surface area contributed by atoms with Gasteiger partial charge in [0, 0.05) is 13.1 Å². The van der Waals surface area contributed by atoms with E-state index in [4.69, 9.17) is 11.0 Å². The molecule has 1 unspecified atom stereocenters. The SMILES string of the molecule is CC(CC#N)N(C)c1nc(N)nc(-n2cncn2)n1. The summed E-state index contributed by atoms with van der Waals surface area (Å²) in [5.41, 5.74) is 5.66. The highest BCUT2D eigenvalue weighted by Crippen LogP contribution is 2.13. The van der Waals surface area contributed by atoms with E-state index >= 15 is 0 Å². The zero-order valence-corrected chi connectivity index (χ0v) is 10.6. The molecule has 2 aromatic rings. The molecule has 2 rings (SSSR count). The third kappa shape index (κ3) is 2.74. The second-order valence-electron chi connectivity index (χ2n) is 3.96. The monoisotopic (exact) mass is 259 g/mol. The van der Waals surface area contributed by atoms with Gasteiger partial charge in [-0.2, -0.15) is 30.0 Å². The van der Waals surface area contributed by atoms with Crippen LogP contribution in [0.4, 0.5) is 11.9 Å². The van der Waals surface area contributed by atoms with Crippen molar-refractivity contribution in [1.82, 2.24) is 29.7 Å². The molecule has 0 saturated heterocycles. The van der Waals surface area contributed by atoms with Crippen molar-refractivity contribution in [3.8, 4) is 12.0 Å². The maximum atomic E-state index is 8.71. The summed E-state index contributed by atoms with van der Waals surface area (Å²) in [6, 6.07) is 2.07. The first-order valence-electron chi connectivity index (χ1n) is 5.58. The van der Waals surface area contributed by atoms with Crippen molar-refractivity contribution in [3.05, 3.63) is 12.7 Å². The van der Waals surface area contributed by atoms with Crippen LogP contribution in [-0.4, -0.2) is 42.8 Å². The first-order chi connectivity index (χ1) is 9.11. The van der Waals surface area contributed by atoms with E-state index in [1.165, 1.54) is 17.3 Å². The summed E-state index contributed by atoms with van der Waals surface area (Å²) >= 11 is 0. The normalized spacial score (nSPS) is 11.8. The average Bonchev–Trinajstić information content (AvgIpc) is 2.91. The van der Waals surface area contributed by atoms with E-state index in [9.17, 15) is 0 Å². The van der Waals surface area contributed by atoms with Crippen LogP contribution >= 0.6 is 0 Å². The predicted octanol–water partition coefficient (Wildman–Crippen LogP) is -0.227. The maximum absolute atomic E-state index is 8.71. The quantitative estimate of drug-likeness (QED) is 0.798. The molecule has 9 nitrogen and oxygen atoms in total. The Morgan fingerprint density at radius 3 is 2.89 bits per heavy atom. The van der Waals surface area contributed by atoms with Crippen molar-refractivity contribution in [2.24, 2.45) is 0 Å². The maximum Gasteiger partial charge on any atom is 0.258 e. The Morgan fingerprint density at radius 2 is 2.26 bits per heavy atom. The van der Waals surface area contributed by atoms with Crippen LogP contribution in [0.5, 0.6) is 0 Å². The molecular formula is C10H13N9. The van der Waals surface area contributed by atoms with Crippen LogP contribution in [-0.2, 0) is 0 Å². The predicted molar refractivity (Wildman–Crippen MR) is 67.3 cm³/mol. The summed E-state index contributed by atoms with van der Waals surface area (Å²) in [4.78, 5) is 17.9. The summed E-state index contributed by atoms with van der Waals surface area (Å²) in [7, 11) is 1.79. The molecule has 0 aromatic carbocycles. The van der Waals surface area contributed by atoms with Gasteiger partial charge in [0.25, 0.3) is 5.95 Å². The number of hydrogen-bond acceptors (Lipinski definition) is 8. The van der Waals surface area contributed by atoms with Gasteiger partial charge >= 0.3 is 0 Å². The van der Waals surface area contributed by atoms with E-state index in [1.54, 1.807) is 11.9 Å². The Balaban J connectivity index is 2.34. The van der Waals surface area contributed by atoms with Gasteiger partial charge in [0.05, 0.1) is 12.5 Å². The molecule has 1 atom stereocenters. The van der Waals surface area contributed by atoms with Gasteiger partial charge in [-0.15, -0.1) is 0 Å². The summed E-state index contributed by atoms with van der Waals surface area (Å²) in [6.07, 6.45) is 3.21. The lowest BCUT2D eigenvalue weighted by molar-refractivity contribution is 0.675. The molecule has 0 aliphatic rings. The number of anilines is 2.